The Kier molecular flexibility index (Phi) is 3.94. The summed E-state index contributed by atoms with van der Waals surface area (Å²) >= 11 is 6.21. The predicted molar refractivity (Wildman–Crippen MR) is 85.9 cm³/mol. The van der Waals surface area contributed by atoms with Gasteiger partial charge in [-0.05, 0) is 43.2 Å². The van der Waals surface area contributed by atoms with Crippen molar-refractivity contribution in [3.63, 3.8) is 0 Å². The number of carbonyl (C=O) groups excluding carboxylic acids is 1. The number of rotatable bonds is 2. The fourth-order valence-electron chi connectivity index (χ4n) is 2.43. The van der Waals surface area contributed by atoms with E-state index in [1.807, 2.05) is 44.2 Å². The first-order valence-electron chi connectivity index (χ1n) is 7.00. The second kappa shape index (κ2) is 5.89. The molecule has 0 unspecified atom stereocenters. The van der Waals surface area contributed by atoms with Crippen molar-refractivity contribution in [2.45, 2.75) is 20.0 Å². The van der Waals surface area contributed by atoms with E-state index in [-0.39, 0.29) is 12.5 Å². The number of benzene rings is 2. The topological polar surface area (TPSA) is 47.6 Å². The maximum absolute atomic E-state index is 12.4. The maximum Gasteiger partial charge on any atom is 0.269 e. The van der Waals surface area contributed by atoms with Crippen LogP contribution in [0, 0.1) is 13.8 Å². The van der Waals surface area contributed by atoms with Gasteiger partial charge in [0.25, 0.3) is 5.91 Å². The molecule has 1 N–H and O–H groups in total. The van der Waals surface area contributed by atoms with E-state index in [1.54, 1.807) is 6.07 Å². The molecule has 0 bridgehead atoms. The number of hydrogen-bond donors (Lipinski definition) is 1. The van der Waals surface area contributed by atoms with Crippen LogP contribution in [0.3, 0.4) is 0 Å². The molecule has 1 heterocycles. The number of amides is 1. The molecular formula is C17H16ClNO3. The average Bonchev–Trinajstić information content (AvgIpc) is 2.50. The minimum Gasteiger partial charge on any atom is -0.485 e. The summed E-state index contributed by atoms with van der Waals surface area (Å²) in [5.74, 6) is 0.945. The minimum absolute atomic E-state index is 0.172. The van der Waals surface area contributed by atoms with E-state index < -0.39 is 6.10 Å². The van der Waals surface area contributed by atoms with Gasteiger partial charge in [-0.1, -0.05) is 29.8 Å². The molecule has 2 aromatic carbocycles. The number of hydrogen-bond acceptors (Lipinski definition) is 3. The molecule has 0 saturated carbocycles. The maximum atomic E-state index is 12.4. The number of aryl methyl sites for hydroxylation is 2. The molecule has 0 aromatic heterocycles. The van der Waals surface area contributed by atoms with Gasteiger partial charge in [-0.2, -0.15) is 0 Å². The van der Waals surface area contributed by atoms with Crippen molar-refractivity contribution < 1.29 is 14.3 Å². The first kappa shape index (κ1) is 14.7. The highest BCUT2D eigenvalue weighted by atomic mass is 35.5. The molecule has 1 atom stereocenters. The van der Waals surface area contributed by atoms with E-state index in [1.165, 1.54) is 0 Å². The van der Waals surface area contributed by atoms with E-state index >= 15 is 0 Å². The Balaban J connectivity index is 1.77. The quantitative estimate of drug-likeness (QED) is 0.918. The molecule has 0 spiro atoms. The van der Waals surface area contributed by atoms with Crippen LogP contribution in [0.2, 0.25) is 5.02 Å². The summed E-state index contributed by atoms with van der Waals surface area (Å²) in [7, 11) is 0. The Morgan fingerprint density at radius 3 is 2.68 bits per heavy atom. The van der Waals surface area contributed by atoms with Crippen molar-refractivity contribution in [1.82, 2.24) is 0 Å². The summed E-state index contributed by atoms with van der Waals surface area (Å²) in [6.45, 7) is 4.03. The van der Waals surface area contributed by atoms with E-state index in [0.717, 1.165) is 11.1 Å². The minimum atomic E-state index is -0.702. The molecule has 0 radical (unpaired) electrons. The number of nitrogens with one attached hydrogen (secondary N) is 1. The lowest BCUT2D eigenvalue weighted by atomic mass is 10.1. The van der Waals surface area contributed by atoms with Crippen molar-refractivity contribution >= 4 is 23.2 Å². The van der Waals surface area contributed by atoms with Gasteiger partial charge in [0.1, 0.15) is 6.61 Å². The number of halogens is 1. The second-order valence-corrected chi connectivity index (χ2v) is 5.70. The number of para-hydroxylation sites is 2. The third kappa shape index (κ3) is 2.88. The SMILES string of the molecule is Cc1cc(C)c(NC(=O)[C@H]2COc3ccccc3O2)c(Cl)c1. The van der Waals surface area contributed by atoms with Crippen LogP contribution < -0.4 is 14.8 Å². The molecule has 1 aliphatic rings. The zero-order valence-corrected chi connectivity index (χ0v) is 13.1. The van der Waals surface area contributed by atoms with Gasteiger partial charge in [0.15, 0.2) is 11.5 Å². The predicted octanol–water partition coefficient (Wildman–Crippen LogP) is 3.74. The fourth-order valence-corrected chi connectivity index (χ4v) is 2.79. The third-order valence-electron chi connectivity index (χ3n) is 3.48. The van der Waals surface area contributed by atoms with E-state index in [9.17, 15) is 4.79 Å². The lowest BCUT2D eigenvalue weighted by molar-refractivity contribution is -0.125. The van der Waals surface area contributed by atoms with Gasteiger partial charge < -0.3 is 14.8 Å². The number of carbonyl (C=O) groups is 1. The number of ether oxygens (including phenoxy) is 2. The fraction of sp³-hybridized carbons (Fsp3) is 0.235. The Morgan fingerprint density at radius 2 is 1.95 bits per heavy atom. The Bertz CT molecular complexity index is 707. The van der Waals surface area contributed by atoms with Gasteiger partial charge >= 0.3 is 0 Å². The third-order valence-corrected chi connectivity index (χ3v) is 3.78. The van der Waals surface area contributed by atoms with Gasteiger partial charge in [-0.15, -0.1) is 0 Å². The zero-order chi connectivity index (χ0) is 15.7. The van der Waals surface area contributed by atoms with Gasteiger partial charge in [0.2, 0.25) is 6.10 Å². The van der Waals surface area contributed by atoms with E-state index in [0.29, 0.717) is 22.2 Å². The second-order valence-electron chi connectivity index (χ2n) is 5.29. The summed E-state index contributed by atoms with van der Waals surface area (Å²) in [6, 6.07) is 11.1. The van der Waals surface area contributed by atoms with Crippen molar-refractivity contribution in [1.29, 1.82) is 0 Å². The summed E-state index contributed by atoms with van der Waals surface area (Å²) < 4.78 is 11.2. The molecule has 1 aliphatic heterocycles. The molecule has 1 amide bonds. The monoisotopic (exact) mass is 317 g/mol. The highest BCUT2D eigenvalue weighted by molar-refractivity contribution is 6.34. The molecular weight excluding hydrogens is 302 g/mol. The Labute approximate surface area is 134 Å². The van der Waals surface area contributed by atoms with Crippen molar-refractivity contribution in [2.75, 3.05) is 11.9 Å². The summed E-state index contributed by atoms with van der Waals surface area (Å²) in [6.07, 6.45) is -0.702. The van der Waals surface area contributed by atoms with Crippen molar-refractivity contribution in [2.24, 2.45) is 0 Å². The van der Waals surface area contributed by atoms with E-state index in [4.69, 9.17) is 21.1 Å². The van der Waals surface area contributed by atoms with E-state index in [2.05, 4.69) is 5.32 Å². The summed E-state index contributed by atoms with van der Waals surface area (Å²) in [4.78, 5) is 12.4. The highest BCUT2D eigenvalue weighted by Gasteiger charge is 2.28. The van der Waals surface area contributed by atoms with Crippen molar-refractivity contribution in [3.05, 3.63) is 52.5 Å². The largest absolute Gasteiger partial charge is 0.485 e. The zero-order valence-electron chi connectivity index (χ0n) is 12.4. The Hall–Kier alpha value is -2.20. The summed E-state index contributed by atoms with van der Waals surface area (Å²) in [5.41, 5.74) is 2.57. The standard InChI is InChI=1S/C17H16ClNO3/c1-10-7-11(2)16(12(18)8-10)19-17(20)15-9-21-13-5-3-4-6-14(13)22-15/h3-8,15H,9H2,1-2H3,(H,19,20)/t15-/m1/s1. The van der Waals surface area contributed by atoms with Crippen LogP contribution >= 0.6 is 11.6 Å². The number of fused-ring (bicyclic) bond motifs is 1. The molecule has 114 valence electrons. The van der Waals surface area contributed by atoms with Crippen LogP contribution in [0.1, 0.15) is 11.1 Å². The highest BCUT2D eigenvalue weighted by Crippen LogP contribution is 2.32. The van der Waals surface area contributed by atoms with Crippen LogP contribution in [0.15, 0.2) is 36.4 Å². The van der Waals surface area contributed by atoms with Crippen LogP contribution in [-0.2, 0) is 4.79 Å². The molecule has 4 nitrogen and oxygen atoms in total. The first-order valence-corrected chi connectivity index (χ1v) is 7.38. The first-order chi connectivity index (χ1) is 10.5. The van der Waals surface area contributed by atoms with Crippen LogP contribution in [0.5, 0.6) is 11.5 Å². The normalized spacial score (nSPS) is 16.2. The van der Waals surface area contributed by atoms with Crippen LogP contribution in [0.25, 0.3) is 0 Å². The molecule has 22 heavy (non-hydrogen) atoms. The molecule has 0 fully saturated rings. The number of anilines is 1. The molecule has 5 heteroatoms. The molecule has 0 aliphatic carbocycles. The van der Waals surface area contributed by atoms with Crippen molar-refractivity contribution in [3.8, 4) is 11.5 Å². The molecule has 0 saturated heterocycles. The molecule has 3 rings (SSSR count). The molecule has 2 aromatic rings. The van der Waals surface area contributed by atoms with Gasteiger partial charge in [-0.3, -0.25) is 4.79 Å². The smallest absolute Gasteiger partial charge is 0.269 e. The average molecular weight is 318 g/mol. The van der Waals surface area contributed by atoms with Gasteiger partial charge in [0.05, 0.1) is 10.7 Å². The van der Waals surface area contributed by atoms with Gasteiger partial charge in [-0.25, -0.2) is 0 Å². The lowest BCUT2D eigenvalue weighted by Gasteiger charge is -2.26. The summed E-state index contributed by atoms with van der Waals surface area (Å²) in [5, 5.41) is 3.35. The van der Waals surface area contributed by atoms with Crippen LogP contribution in [0.4, 0.5) is 5.69 Å². The van der Waals surface area contributed by atoms with Crippen LogP contribution in [-0.4, -0.2) is 18.6 Å². The Morgan fingerprint density at radius 1 is 1.23 bits per heavy atom. The lowest BCUT2D eigenvalue weighted by Crippen LogP contribution is -2.40. The van der Waals surface area contributed by atoms with Gasteiger partial charge in [0, 0.05) is 0 Å².